The summed E-state index contributed by atoms with van der Waals surface area (Å²) in [6, 6.07) is 10.2. The Labute approximate surface area is 117 Å². The number of benzene rings is 1. The molecule has 0 atom stereocenters. The predicted octanol–water partition coefficient (Wildman–Crippen LogP) is 2.38. The van der Waals surface area contributed by atoms with Crippen LogP contribution in [0, 0.1) is 15.3 Å². The van der Waals surface area contributed by atoms with E-state index in [9.17, 15) is 4.79 Å². The lowest BCUT2D eigenvalue weighted by Gasteiger charge is -1.98. The highest BCUT2D eigenvalue weighted by Crippen LogP contribution is 2.10. The first-order chi connectivity index (χ1) is 9.20. The van der Waals surface area contributed by atoms with Gasteiger partial charge < -0.3 is 0 Å². The fraction of sp³-hybridized carbons (Fsp3) is 0. The SMILES string of the molecule is N#C/C(=N\Nc1n[nH]c(=S)s1)C(=O)c1ccccc1. The topological polar surface area (TPSA) is 93.9 Å². The van der Waals surface area contributed by atoms with Crippen molar-refractivity contribution in [1.82, 2.24) is 10.2 Å². The number of aromatic amines is 1. The largest absolute Gasteiger partial charge is 0.286 e. The number of carbonyl (C=O) groups excluding carboxylic acids is 1. The second kappa shape index (κ2) is 5.99. The Morgan fingerprint density at radius 1 is 1.47 bits per heavy atom. The van der Waals surface area contributed by atoms with Gasteiger partial charge in [0, 0.05) is 5.56 Å². The summed E-state index contributed by atoms with van der Waals surface area (Å²) in [5.74, 6) is -0.449. The van der Waals surface area contributed by atoms with Crippen LogP contribution in [-0.4, -0.2) is 21.7 Å². The molecule has 0 radical (unpaired) electrons. The first-order valence-corrected chi connectivity index (χ1v) is 6.32. The summed E-state index contributed by atoms with van der Waals surface area (Å²) in [7, 11) is 0. The number of Topliss-reactive ketones (excluding diaryl/α,β-unsaturated/α-hetero) is 1. The summed E-state index contributed by atoms with van der Waals surface area (Å²) < 4.78 is 0.477. The van der Waals surface area contributed by atoms with Crippen LogP contribution in [0.15, 0.2) is 35.4 Å². The lowest BCUT2D eigenvalue weighted by molar-refractivity contribution is 0.106. The quantitative estimate of drug-likeness (QED) is 0.390. The number of nitriles is 1. The number of aromatic nitrogens is 2. The van der Waals surface area contributed by atoms with E-state index in [2.05, 4.69) is 20.7 Å². The lowest BCUT2D eigenvalue weighted by atomic mass is 10.1. The van der Waals surface area contributed by atoms with E-state index in [1.807, 2.05) is 0 Å². The van der Waals surface area contributed by atoms with Crippen molar-refractivity contribution in [2.75, 3.05) is 5.43 Å². The highest BCUT2D eigenvalue weighted by Gasteiger charge is 2.13. The Bertz CT molecular complexity index is 710. The number of ketones is 1. The van der Waals surface area contributed by atoms with Gasteiger partial charge in [0.15, 0.2) is 3.95 Å². The number of nitrogens with one attached hydrogen (secondary N) is 2. The molecule has 19 heavy (non-hydrogen) atoms. The van der Waals surface area contributed by atoms with Crippen LogP contribution in [0.1, 0.15) is 10.4 Å². The van der Waals surface area contributed by atoms with Crippen molar-refractivity contribution < 1.29 is 4.79 Å². The Kier molecular flexibility index (Phi) is 4.12. The molecule has 0 spiro atoms. The standard InChI is InChI=1S/C11H7N5OS2/c12-6-8(9(17)7-4-2-1-3-5-7)13-14-10-15-16-11(18)19-10/h1-5H,(H,14,15)(H,16,18)/b13-8+. The van der Waals surface area contributed by atoms with Gasteiger partial charge in [-0.2, -0.15) is 10.4 Å². The maximum Gasteiger partial charge on any atom is 0.224 e. The molecule has 2 rings (SSSR count). The minimum Gasteiger partial charge on any atom is -0.286 e. The second-order valence-electron chi connectivity index (χ2n) is 3.30. The zero-order valence-corrected chi connectivity index (χ0v) is 11.1. The van der Waals surface area contributed by atoms with Gasteiger partial charge in [0.2, 0.25) is 16.6 Å². The molecule has 0 aliphatic carbocycles. The third-order valence-corrected chi connectivity index (χ3v) is 3.05. The zero-order valence-electron chi connectivity index (χ0n) is 9.45. The Morgan fingerprint density at radius 2 is 2.21 bits per heavy atom. The van der Waals surface area contributed by atoms with E-state index in [1.165, 1.54) is 0 Å². The second-order valence-corrected chi connectivity index (χ2v) is 4.96. The van der Waals surface area contributed by atoms with E-state index in [0.717, 1.165) is 11.3 Å². The van der Waals surface area contributed by atoms with Crippen molar-refractivity contribution in [3.05, 3.63) is 39.8 Å². The minimum atomic E-state index is -0.449. The van der Waals surface area contributed by atoms with E-state index in [-0.39, 0.29) is 5.71 Å². The molecule has 94 valence electrons. The van der Waals surface area contributed by atoms with Gasteiger partial charge in [-0.3, -0.25) is 9.89 Å². The van der Waals surface area contributed by atoms with Gasteiger partial charge in [0.25, 0.3) is 0 Å². The minimum absolute atomic E-state index is 0.243. The van der Waals surface area contributed by atoms with Crippen molar-refractivity contribution in [2.24, 2.45) is 5.10 Å². The van der Waals surface area contributed by atoms with E-state index >= 15 is 0 Å². The van der Waals surface area contributed by atoms with Crippen LogP contribution in [0.25, 0.3) is 0 Å². The van der Waals surface area contributed by atoms with E-state index < -0.39 is 5.78 Å². The molecule has 0 aliphatic heterocycles. The van der Waals surface area contributed by atoms with Gasteiger partial charge in [-0.25, -0.2) is 5.43 Å². The van der Waals surface area contributed by atoms with Crippen molar-refractivity contribution in [3.8, 4) is 6.07 Å². The maximum atomic E-state index is 12.0. The number of rotatable bonds is 4. The predicted molar refractivity (Wildman–Crippen MR) is 74.7 cm³/mol. The number of H-pyrrole nitrogens is 1. The Morgan fingerprint density at radius 3 is 2.79 bits per heavy atom. The smallest absolute Gasteiger partial charge is 0.224 e. The van der Waals surface area contributed by atoms with Gasteiger partial charge in [-0.05, 0) is 12.2 Å². The molecule has 6 nitrogen and oxygen atoms in total. The third kappa shape index (κ3) is 3.31. The molecule has 0 aliphatic rings. The first kappa shape index (κ1) is 13.1. The molecule has 0 amide bonds. The highest BCUT2D eigenvalue weighted by molar-refractivity contribution is 7.73. The van der Waals surface area contributed by atoms with Gasteiger partial charge in [-0.15, -0.1) is 5.10 Å². The number of hydrazone groups is 1. The van der Waals surface area contributed by atoms with E-state index in [1.54, 1.807) is 36.4 Å². The Hall–Kier alpha value is -2.37. The molecule has 1 aromatic carbocycles. The highest BCUT2D eigenvalue weighted by atomic mass is 32.1. The summed E-state index contributed by atoms with van der Waals surface area (Å²) in [5, 5.41) is 19.4. The average Bonchev–Trinajstić information content (AvgIpc) is 2.86. The average molecular weight is 289 g/mol. The molecule has 2 aromatic rings. The lowest BCUT2D eigenvalue weighted by Crippen LogP contribution is -2.14. The first-order valence-electron chi connectivity index (χ1n) is 5.10. The van der Waals surface area contributed by atoms with Gasteiger partial charge in [0.05, 0.1) is 0 Å². The zero-order chi connectivity index (χ0) is 13.7. The molecule has 8 heteroatoms. The molecule has 0 unspecified atom stereocenters. The van der Waals surface area contributed by atoms with Crippen molar-refractivity contribution in [3.63, 3.8) is 0 Å². The molecule has 1 heterocycles. The van der Waals surface area contributed by atoms with Crippen molar-refractivity contribution in [2.45, 2.75) is 0 Å². The molecule has 0 fully saturated rings. The third-order valence-electron chi connectivity index (χ3n) is 2.06. The van der Waals surface area contributed by atoms with Crippen LogP contribution in [-0.2, 0) is 0 Å². The molecule has 2 N–H and O–H groups in total. The number of nitrogens with zero attached hydrogens (tertiary/aromatic N) is 3. The van der Waals surface area contributed by atoms with Crippen molar-refractivity contribution in [1.29, 1.82) is 5.26 Å². The maximum absolute atomic E-state index is 12.0. The van der Waals surface area contributed by atoms with Crippen LogP contribution in [0.3, 0.4) is 0 Å². The van der Waals surface area contributed by atoms with Crippen LogP contribution in [0.4, 0.5) is 5.13 Å². The summed E-state index contributed by atoms with van der Waals surface area (Å²) in [4.78, 5) is 12.0. The van der Waals surface area contributed by atoms with Crippen molar-refractivity contribution >= 4 is 40.2 Å². The Balaban J connectivity index is 2.19. The van der Waals surface area contributed by atoms with Crippen LogP contribution in [0.5, 0.6) is 0 Å². The molecule has 1 aromatic heterocycles. The summed E-state index contributed by atoms with van der Waals surface area (Å²) >= 11 is 6.01. The molecule has 0 bridgehead atoms. The molecular formula is C11H7N5OS2. The van der Waals surface area contributed by atoms with Gasteiger partial charge in [0.1, 0.15) is 6.07 Å². The summed E-state index contributed by atoms with van der Waals surface area (Å²) in [5.41, 5.74) is 2.68. The van der Waals surface area contributed by atoms with Gasteiger partial charge in [-0.1, -0.05) is 41.7 Å². The number of hydrogen-bond donors (Lipinski definition) is 2. The van der Waals surface area contributed by atoms with Crippen LogP contribution in [0.2, 0.25) is 0 Å². The van der Waals surface area contributed by atoms with Gasteiger partial charge >= 0.3 is 0 Å². The normalized spacial score (nSPS) is 10.8. The molecule has 0 saturated carbocycles. The fourth-order valence-corrected chi connectivity index (χ4v) is 1.97. The fourth-order valence-electron chi connectivity index (χ4n) is 1.23. The summed E-state index contributed by atoms with van der Waals surface area (Å²) in [6.45, 7) is 0. The monoisotopic (exact) mass is 289 g/mol. The molecular weight excluding hydrogens is 282 g/mol. The number of anilines is 1. The number of carbonyl (C=O) groups is 1. The van der Waals surface area contributed by atoms with Crippen LogP contribution >= 0.6 is 23.6 Å². The van der Waals surface area contributed by atoms with E-state index in [4.69, 9.17) is 17.5 Å². The van der Waals surface area contributed by atoms with Crippen LogP contribution < -0.4 is 5.43 Å². The number of hydrogen-bond acceptors (Lipinski definition) is 7. The summed E-state index contributed by atoms with van der Waals surface area (Å²) in [6.07, 6.45) is 0. The molecule has 0 saturated heterocycles. The van der Waals surface area contributed by atoms with E-state index in [0.29, 0.717) is 14.6 Å².